The van der Waals surface area contributed by atoms with Gasteiger partial charge in [-0.15, -0.1) is 0 Å². The van der Waals surface area contributed by atoms with Crippen molar-refractivity contribution in [1.82, 2.24) is 0 Å². The van der Waals surface area contributed by atoms with E-state index in [4.69, 9.17) is 5.73 Å². The molecular weight excluding hydrogens is 525 g/mol. The van der Waals surface area contributed by atoms with Gasteiger partial charge in [0.2, 0.25) is 0 Å². The average Bonchev–Trinajstić information content (AvgIpc) is 3.19. The lowest BCUT2D eigenvalue weighted by Crippen LogP contribution is -2.65. The minimum Gasteiger partial charge on any atom is -0.481 e. The topological polar surface area (TPSA) is 80.4 Å². The Morgan fingerprint density at radius 3 is 2.29 bits per heavy atom. The highest BCUT2D eigenvalue weighted by molar-refractivity contribution is 6.01. The predicted octanol–water partition coefficient (Wildman–Crippen LogP) is 8.37. The standard InChI is InChI=1S/C37H54FNO3/c1-22(2)29-26(40)20-37(39)19-18-34(6)25(30(29)37)8-9-28-33(5)14-12-24(32(3,4)27(33)13-15-35(28,34)7)23-10-16-36(21-38,17-11-23)31(41)42/h10,12,22,25,27-28H,8-9,11,13-21,39H2,1-7H3,(H,41,42)/t25?,27?,28?,33-,34+,35+,36-,37+/m0/s1. The van der Waals surface area contributed by atoms with E-state index in [1.807, 2.05) is 0 Å². The van der Waals surface area contributed by atoms with Gasteiger partial charge in [-0.05, 0) is 132 Å². The highest BCUT2D eigenvalue weighted by Gasteiger charge is 2.69. The summed E-state index contributed by atoms with van der Waals surface area (Å²) in [6.45, 7) is 16.1. The SMILES string of the molecule is CC(C)C1=C2C3CCC4[C@@]5(C)CC=C(C6=CC[C@](CF)(C(=O)O)CC6)C(C)(C)C5CC[C@@]4(C)[C@]3(C)CC[C@@]2(N)CC1=O. The van der Waals surface area contributed by atoms with Crippen LogP contribution in [0.4, 0.5) is 4.39 Å². The first-order valence-corrected chi connectivity index (χ1v) is 16.8. The molecule has 3 fully saturated rings. The van der Waals surface area contributed by atoms with Crippen LogP contribution >= 0.6 is 0 Å². The molecular formula is C37H54FNO3. The van der Waals surface area contributed by atoms with Crippen molar-refractivity contribution < 1.29 is 19.1 Å². The van der Waals surface area contributed by atoms with Crippen LogP contribution in [0.1, 0.15) is 119 Å². The number of carboxylic acids is 1. The molecule has 0 spiro atoms. The Labute approximate surface area is 252 Å². The lowest BCUT2D eigenvalue weighted by molar-refractivity contribution is -0.195. The van der Waals surface area contributed by atoms with E-state index in [9.17, 15) is 19.1 Å². The second-order valence-corrected chi connectivity index (χ2v) is 17.0. The fourth-order valence-corrected chi connectivity index (χ4v) is 12.3. The third kappa shape index (κ3) is 3.73. The van der Waals surface area contributed by atoms with Gasteiger partial charge in [0.1, 0.15) is 6.67 Å². The molecule has 0 aromatic rings. The molecule has 0 aromatic carbocycles. The van der Waals surface area contributed by atoms with Gasteiger partial charge in [-0.2, -0.15) is 0 Å². The predicted molar refractivity (Wildman–Crippen MR) is 165 cm³/mol. The van der Waals surface area contributed by atoms with Crippen LogP contribution in [0, 0.1) is 50.7 Å². The molecule has 3 saturated carbocycles. The van der Waals surface area contributed by atoms with Crippen LogP contribution in [-0.4, -0.2) is 29.1 Å². The van der Waals surface area contributed by atoms with Crippen molar-refractivity contribution in [3.05, 3.63) is 34.4 Å². The first kappa shape index (κ1) is 30.3. The third-order valence-electron chi connectivity index (χ3n) is 14.7. The first-order chi connectivity index (χ1) is 19.5. The largest absolute Gasteiger partial charge is 0.481 e. The van der Waals surface area contributed by atoms with E-state index in [-0.39, 0.29) is 34.0 Å². The second-order valence-electron chi connectivity index (χ2n) is 17.0. The smallest absolute Gasteiger partial charge is 0.312 e. The van der Waals surface area contributed by atoms with Gasteiger partial charge in [-0.1, -0.05) is 60.6 Å². The van der Waals surface area contributed by atoms with Gasteiger partial charge in [0, 0.05) is 12.0 Å². The monoisotopic (exact) mass is 579 g/mol. The number of carbonyl (C=O) groups is 2. The summed E-state index contributed by atoms with van der Waals surface area (Å²) in [5.74, 6) is 1.04. The van der Waals surface area contributed by atoms with Crippen LogP contribution in [-0.2, 0) is 9.59 Å². The van der Waals surface area contributed by atoms with Gasteiger partial charge in [0.25, 0.3) is 0 Å². The van der Waals surface area contributed by atoms with Crippen molar-refractivity contribution in [2.24, 2.45) is 56.5 Å². The van der Waals surface area contributed by atoms with Crippen LogP contribution in [0.25, 0.3) is 0 Å². The van der Waals surface area contributed by atoms with Gasteiger partial charge in [0.15, 0.2) is 5.78 Å². The van der Waals surface area contributed by atoms with Crippen molar-refractivity contribution in [2.75, 3.05) is 6.67 Å². The maximum absolute atomic E-state index is 13.8. The van der Waals surface area contributed by atoms with E-state index in [0.717, 1.165) is 31.3 Å². The van der Waals surface area contributed by atoms with Crippen molar-refractivity contribution in [1.29, 1.82) is 0 Å². The average molecular weight is 580 g/mol. The van der Waals surface area contributed by atoms with E-state index in [2.05, 4.69) is 60.6 Å². The molecule has 0 amide bonds. The lowest BCUT2D eigenvalue weighted by atomic mass is 9.33. The second kappa shape index (κ2) is 9.38. The minimum atomic E-state index is -1.26. The minimum absolute atomic E-state index is 0.0267. The quantitative estimate of drug-likeness (QED) is 0.351. The van der Waals surface area contributed by atoms with E-state index < -0.39 is 23.6 Å². The molecule has 0 aliphatic heterocycles. The van der Waals surface area contributed by atoms with Gasteiger partial charge in [-0.3, -0.25) is 9.59 Å². The number of ketones is 1. The summed E-state index contributed by atoms with van der Waals surface area (Å²) in [6.07, 6.45) is 14.1. The van der Waals surface area contributed by atoms with Crippen molar-refractivity contribution in [2.45, 2.75) is 125 Å². The lowest BCUT2D eigenvalue weighted by Gasteiger charge is -2.71. The number of Topliss-reactive ketones (excluding diaryl/α,β-unsaturated/α-hetero) is 1. The molecule has 6 aliphatic carbocycles. The molecule has 3 unspecified atom stereocenters. The maximum atomic E-state index is 13.8. The number of halogens is 1. The number of alkyl halides is 1. The third-order valence-corrected chi connectivity index (χ3v) is 14.7. The van der Waals surface area contributed by atoms with Crippen LogP contribution < -0.4 is 5.73 Å². The van der Waals surface area contributed by atoms with E-state index >= 15 is 0 Å². The van der Waals surface area contributed by atoms with E-state index in [1.54, 1.807) is 0 Å². The Morgan fingerprint density at radius 2 is 1.69 bits per heavy atom. The number of nitrogens with two attached hydrogens (primary N) is 1. The van der Waals surface area contributed by atoms with Gasteiger partial charge < -0.3 is 10.8 Å². The van der Waals surface area contributed by atoms with Gasteiger partial charge in [-0.25, -0.2) is 4.39 Å². The highest BCUT2D eigenvalue weighted by Crippen LogP contribution is 2.75. The molecule has 6 rings (SSSR count). The number of fused-ring (bicyclic) bond motifs is 7. The Balaban J connectivity index is 1.35. The molecule has 0 radical (unpaired) electrons. The number of hydrogen-bond donors (Lipinski definition) is 2. The molecule has 8 atom stereocenters. The molecule has 3 N–H and O–H groups in total. The summed E-state index contributed by atoms with van der Waals surface area (Å²) < 4.78 is 13.8. The zero-order valence-electron chi connectivity index (χ0n) is 27.2. The zero-order chi connectivity index (χ0) is 30.7. The van der Waals surface area contributed by atoms with Crippen LogP contribution in [0.15, 0.2) is 34.4 Å². The Kier molecular flexibility index (Phi) is 6.76. The summed E-state index contributed by atoms with van der Waals surface area (Å²) in [5, 5.41) is 9.72. The molecule has 5 heteroatoms. The maximum Gasteiger partial charge on any atom is 0.312 e. The fraction of sp³-hybridized carbons (Fsp3) is 0.784. The molecule has 6 aliphatic rings. The molecule has 0 heterocycles. The molecule has 0 aromatic heterocycles. The zero-order valence-corrected chi connectivity index (χ0v) is 27.2. The highest BCUT2D eigenvalue weighted by atomic mass is 19.1. The Hall–Kier alpha value is -1.75. The molecule has 42 heavy (non-hydrogen) atoms. The van der Waals surface area contributed by atoms with Crippen molar-refractivity contribution >= 4 is 11.8 Å². The molecule has 232 valence electrons. The molecule has 4 nitrogen and oxygen atoms in total. The molecule has 0 bridgehead atoms. The number of carboxylic acid groups (broad SMARTS) is 1. The number of aliphatic carboxylic acids is 1. The fourth-order valence-electron chi connectivity index (χ4n) is 12.3. The summed E-state index contributed by atoms with van der Waals surface area (Å²) in [7, 11) is 0. The molecule has 0 saturated heterocycles. The van der Waals surface area contributed by atoms with E-state index in [1.165, 1.54) is 36.0 Å². The number of carbonyl (C=O) groups excluding carboxylic acids is 1. The summed E-state index contributed by atoms with van der Waals surface area (Å²) in [4.78, 5) is 25.2. The number of hydrogen-bond acceptors (Lipinski definition) is 3. The van der Waals surface area contributed by atoms with Gasteiger partial charge >= 0.3 is 5.97 Å². The summed E-state index contributed by atoms with van der Waals surface area (Å²) in [5.41, 5.74) is 10.9. The Morgan fingerprint density at radius 1 is 0.976 bits per heavy atom. The van der Waals surface area contributed by atoms with Crippen LogP contribution in [0.2, 0.25) is 0 Å². The number of rotatable bonds is 4. The Bertz CT molecular complexity index is 1310. The van der Waals surface area contributed by atoms with Gasteiger partial charge in [0.05, 0.1) is 5.41 Å². The summed E-state index contributed by atoms with van der Waals surface area (Å²) >= 11 is 0. The van der Waals surface area contributed by atoms with Crippen LogP contribution in [0.3, 0.4) is 0 Å². The van der Waals surface area contributed by atoms with Crippen molar-refractivity contribution in [3.8, 4) is 0 Å². The first-order valence-electron chi connectivity index (χ1n) is 16.8. The number of allylic oxidation sites excluding steroid dienone is 5. The van der Waals surface area contributed by atoms with Crippen LogP contribution in [0.5, 0.6) is 0 Å². The van der Waals surface area contributed by atoms with Crippen molar-refractivity contribution in [3.63, 3.8) is 0 Å². The summed E-state index contributed by atoms with van der Waals surface area (Å²) in [6, 6.07) is 0. The van der Waals surface area contributed by atoms with E-state index in [0.29, 0.717) is 42.8 Å². The normalized spacial score (nSPS) is 46.3.